The van der Waals surface area contributed by atoms with Crippen molar-refractivity contribution in [2.24, 2.45) is 9.98 Å². The lowest BCUT2D eigenvalue weighted by molar-refractivity contribution is -0.140. The zero-order valence-corrected chi connectivity index (χ0v) is 13.2. The van der Waals surface area contributed by atoms with Crippen LogP contribution in [0.25, 0.3) is 0 Å². The monoisotopic (exact) mass is 322 g/mol. The number of nitrogens with zero attached hydrogens (tertiary/aromatic N) is 2. The SMILES string of the molecule is COC(=O)CCCC1=NCCN=C1NNc1ccc(Cl)cc1. The summed E-state index contributed by atoms with van der Waals surface area (Å²) in [6.07, 6.45) is 1.75. The summed E-state index contributed by atoms with van der Waals surface area (Å²) >= 11 is 5.85. The number of aliphatic imine (C=N–C) groups is 2. The Morgan fingerprint density at radius 2 is 1.95 bits per heavy atom. The highest BCUT2D eigenvalue weighted by Gasteiger charge is 2.13. The van der Waals surface area contributed by atoms with Crippen LogP contribution in [0.3, 0.4) is 0 Å². The highest BCUT2D eigenvalue weighted by molar-refractivity contribution is 6.41. The molecule has 0 radical (unpaired) electrons. The smallest absolute Gasteiger partial charge is 0.305 e. The number of ether oxygens (including phenoxy) is 1. The minimum atomic E-state index is -0.206. The summed E-state index contributed by atoms with van der Waals surface area (Å²) in [7, 11) is 1.39. The van der Waals surface area contributed by atoms with Crippen LogP contribution < -0.4 is 10.9 Å². The number of carbonyl (C=O) groups excluding carboxylic acids is 1. The van der Waals surface area contributed by atoms with Crippen molar-refractivity contribution in [1.82, 2.24) is 5.43 Å². The lowest BCUT2D eigenvalue weighted by Crippen LogP contribution is -2.38. The van der Waals surface area contributed by atoms with Crippen LogP contribution in [0.1, 0.15) is 19.3 Å². The number of anilines is 1. The zero-order chi connectivity index (χ0) is 15.8. The minimum absolute atomic E-state index is 0.206. The Labute approximate surface area is 134 Å². The molecule has 7 heteroatoms. The number of nitrogens with one attached hydrogen (secondary N) is 2. The molecule has 0 aromatic heterocycles. The van der Waals surface area contributed by atoms with Crippen molar-refractivity contribution in [2.45, 2.75) is 19.3 Å². The summed E-state index contributed by atoms with van der Waals surface area (Å²) in [4.78, 5) is 20.0. The van der Waals surface area contributed by atoms with Crippen molar-refractivity contribution in [3.63, 3.8) is 0 Å². The Hall–Kier alpha value is -2.08. The Balaban J connectivity index is 1.85. The average molecular weight is 323 g/mol. The normalized spacial score (nSPS) is 13.9. The molecular formula is C15H19ClN4O2. The molecule has 2 N–H and O–H groups in total. The number of esters is 1. The van der Waals surface area contributed by atoms with Crippen molar-refractivity contribution >= 4 is 34.8 Å². The first-order valence-corrected chi connectivity index (χ1v) is 7.49. The van der Waals surface area contributed by atoms with Gasteiger partial charge in [-0.3, -0.25) is 25.6 Å². The van der Waals surface area contributed by atoms with Gasteiger partial charge in [0.2, 0.25) is 0 Å². The van der Waals surface area contributed by atoms with E-state index in [-0.39, 0.29) is 5.97 Å². The number of carbonyl (C=O) groups is 1. The number of halogens is 1. The summed E-state index contributed by atoms with van der Waals surface area (Å²) in [6, 6.07) is 7.35. The molecule has 2 rings (SSSR count). The maximum absolute atomic E-state index is 11.1. The van der Waals surface area contributed by atoms with Gasteiger partial charge in [0.05, 0.1) is 31.6 Å². The molecule has 1 aliphatic rings. The van der Waals surface area contributed by atoms with E-state index in [9.17, 15) is 4.79 Å². The van der Waals surface area contributed by atoms with E-state index in [0.29, 0.717) is 43.2 Å². The second-order valence-corrected chi connectivity index (χ2v) is 5.18. The van der Waals surface area contributed by atoms with E-state index in [1.165, 1.54) is 7.11 Å². The second-order valence-electron chi connectivity index (χ2n) is 4.75. The van der Waals surface area contributed by atoms with E-state index in [0.717, 1.165) is 11.4 Å². The van der Waals surface area contributed by atoms with Crippen molar-refractivity contribution < 1.29 is 9.53 Å². The molecule has 0 atom stereocenters. The predicted molar refractivity (Wildman–Crippen MR) is 88.7 cm³/mol. The predicted octanol–water partition coefficient (Wildman–Crippen LogP) is 2.45. The Bertz CT molecular complexity index is 569. The van der Waals surface area contributed by atoms with Crippen LogP contribution in [-0.4, -0.2) is 37.7 Å². The fourth-order valence-corrected chi connectivity index (χ4v) is 2.11. The van der Waals surface area contributed by atoms with Crippen LogP contribution in [0.4, 0.5) is 5.69 Å². The summed E-state index contributed by atoms with van der Waals surface area (Å²) in [5.74, 6) is 0.508. The molecule has 1 aromatic carbocycles. The van der Waals surface area contributed by atoms with E-state index in [4.69, 9.17) is 11.6 Å². The minimum Gasteiger partial charge on any atom is -0.469 e. The van der Waals surface area contributed by atoms with Gasteiger partial charge in [0, 0.05) is 11.4 Å². The van der Waals surface area contributed by atoms with Crippen LogP contribution in [0.5, 0.6) is 0 Å². The molecule has 0 fully saturated rings. The van der Waals surface area contributed by atoms with Crippen molar-refractivity contribution in [3.05, 3.63) is 29.3 Å². The number of hydrogen-bond donors (Lipinski definition) is 2. The van der Waals surface area contributed by atoms with Gasteiger partial charge in [0.1, 0.15) is 0 Å². The highest BCUT2D eigenvalue weighted by atomic mass is 35.5. The first-order chi connectivity index (χ1) is 10.7. The number of hydrogen-bond acceptors (Lipinski definition) is 6. The van der Waals surface area contributed by atoms with Crippen molar-refractivity contribution in [2.75, 3.05) is 25.6 Å². The molecule has 0 saturated carbocycles. The Kier molecular flexibility index (Phi) is 6.21. The van der Waals surface area contributed by atoms with Gasteiger partial charge in [-0.25, -0.2) is 0 Å². The molecule has 22 heavy (non-hydrogen) atoms. The van der Waals surface area contributed by atoms with Gasteiger partial charge >= 0.3 is 5.97 Å². The molecule has 0 saturated heterocycles. The third kappa shape index (κ3) is 5.04. The highest BCUT2D eigenvalue weighted by Crippen LogP contribution is 2.12. The Morgan fingerprint density at radius 1 is 1.23 bits per heavy atom. The summed E-state index contributed by atoms with van der Waals surface area (Å²) in [5.41, 5.74) is 7.89. The topological polar surface area (TPSA) is 75.1 Å². The summed E-state index contributed by atoms with van der Waals surface area (Å²) in [5, 5.41) is 0.686. The van der Waals surface area contributed by atoms with E-state index >= 15 is 0 Å². The standard InChI is InChI=1S/C15H19ClN4O2/c1-22-14(21)4-2-3-13-15(18-10-9-17-13)20-19-12-7-5-11(16)6-8-12/h5-8,19H,2-4,9-10H2,1H3,(H,18,20). The fourth-order valence-electron chi connectivity index (χ4n) is 1.99. The zero-order valence-electron chi connectivity index (χ0n) is 12.4. The summed E-state index contributed by atoms with van der Waals surface area (Å²) in [6.45, 7) is 1.34. The molecule has 6 nitrogen and oxygen atoms in total. The molecule has 1 aromatic rings. The summed E-state index contributed by atoms with van der Waals surface area (Å²) < 4.78 is 4.63. The van der Waals surface area contributed by atoms with Gasteiger partial charge in [0.25, 0.3) is 0 Å². The molecule has 1 aliphatic heterocycles. The number of hydrazine groups is 1. The van der Waals surface area contributed by atoms with Gasteiger partial charge in [-0.15, -0.1) is 0 Å². The average Bonchev–Trinajstić information content (AvgIpc) is 2.55. The van der Waals surface area contributed by atoms with Crippen molar-refractivity contribution in [3.8, 4) is 0 Å². The van der Waals surface area contributed by atoms with Gasteiger partial charge in [-0.1, -0.05) is 11.6 Å². The third-order valence-electron chi connectivity index (χ3n) is 3.14. The van der Waals surface area contributed by atoms with Crippen LogP contribution >= 0.6 is 11.6 Å². The van der Waals surface area contributed by atoms with E-state index in [1.807, 2.05) is 12.1 Å². The van der Waals surface area contributed by atoms with Crippen LogP contribution in [-0.2, 0) is 9.53 Å². The van der Waals surface area contributed by atoms with Crippen LogP contribution in [0.2, 0.25) is 5.02 Å². The molecular weight excluding hydrogens is 304 g/mol. The molecule has 1 heterocycles. The number of methoxy groups -OCH3 is 1. The molecule has 0 aliphatic carbocycles. The number of rotatable bonds is 6. The molecule has 0 bridgehead atoms. The van der Waals surface area contributed by atoms with Crippen LogP contribution in [0, 0.1) is 0 Å². The number of benzene rings is 1. The largest absolute Gasteiger partial charge is 0.469 e. The maximum atomic E-state index is 11.1. The first kappa shape index (κ1) is 16.3. The van der Waals surface area contributed by atoms with Gasteiger partial charge < -0.3 is 4.74 Å². The van der Waals surface area contributed by atoms with Crippen molar-refractivity contribution in [1.29, 1.82) is 0 Å². The maximum Gasteiger partial charge on any atom is 0.305 e. The lowest BCUT2D eigenvalue weighted by Gasteiger charge is -2.17. The second kappa shape index (κ2) is 8.38. The van der Waals surface area contributed by atoms with Crippen LogP contribution in [0.15, 0.2) is 34.3 Å². The molecule has 0 unspecified atom stereocenters. The van der Waals surface area contributed by atoms with E-state index in [2.05, 4.69) is 25.6 Å². The quantitative estimate of drug-likeness (QED) is 0.623. The van der Waals surface area contributed by atoms with E-state index in [1.54, 1.807) is 12.1 Å². The lowest BCUT2D eigenvalue weighted by atomic mass is 10.1. The molecule has 118 valence electrons. The van der Waals surface area contributed by atoms with Gasteiger partial charge in [0.15, 0.2) is 5.84 Å². The molecule has 0 amide bonds. The fraction of sp³-hybridized carbons (Fsp3) is 0.400. The first-order valence-electron chi connectivity index (χ1n) is 7.11. The van der Waals surface area contributed by atoms with Gasteiger partial charge in [-0.2, -0.15) is 0 Å². The third-order valence-corrected chi connectivity index (χ3v) is 3.39. The molecule has 0 spiro atoms. The Morgan fingerprint density at radius 3 is 2.68 bits per heavy atom. The number of amidine groups is 1. The van der Waals surface area contributed by atoms with E-state index < -0.39 is 0 Å². The van der Waals surface area contributed by atoms with Gasteiger partial charge in [-0.05, 0) is 37.1 Å².